The first-order valence-corrected chi connectivity index (χ1v) is 6.99. The molecule has 0 unspecified atom stereocenters. The van der Waals surface area contributed by atoms with Crippen molar-refractivity contribution in [2.24, 2.45) is 0 Å². The van der Waals surface area contributed by atoms with Crippen LogP contribution in [0.2, 0.25) is 10.0 Å². The number of amides is 1. The Morgan fingerprint density at radius 3 is 2.77 bits per heavy atom. The van der Waals surface area contributed by atoms with Crippen molar-refractivity contribution < 1.29 is 9.53 Å². The minimum absolute atomic E-state index is 0.00913. The molecule has 0 saturated carbocycles. The van der Waals surface area contributed by atoms with Gasteiger partial charge in [-0.25, -0.2) is 4.98 Å². The highest BCUT2D eigenvalue weighted by Gasteiger charge is 2.12. The summed E-state index contributed by atoms with van der Waals surface area (Å²) in [6, 6.07) is 10.0. The van der Waals surface area contributed by atoms with Gasteiger partial charge in [-0.2, -0.15) is 5.26 Å². The molecule has 1 heterocycles. The van der Waals surface area contributed by atoms with Crippen LogP contribution >= 0.6 is 23.2 Å². The maximum absolute atomic E-state index is 12.0. The summed E-state index contributed by atoms with van der Waals surface area (Å²) in [5.74, 6) is 0.368. The van der Waals surface area contributed by atoms with E-state index in [1.165, 1.54) is 11.1 Å². The number of ether oxygens (including phenoxy) is 1. The first-order chi connectivity index (χ1) is 10.5. The van der Waals surface area contributed by atoms with Gasteiger partial charge in [-0.1, -0.05) is 29.3 Å². The molecular formula is C15H11Cl2N3O2. The van der Waals surface area contributed by atoms with E-state index in [1.54, 1.807) is 37.4 Å². The molecule has 0 radical (unpaired) electrons. The van der Waals surface area contributed by atoms with Crippen LogP contribution in [-0.4, -0.2) is 29.4 Å². The van der Waals surface area contributed by atoms with E-state index in [9.17, 15) is 4.79 Å². The van der Waals surface area contributed by atoms with Crippen LogP contribution in [0.1, 0.15) is 10.4 Å². The fourth-order valence-corrected chi connectivity index (χ4v) is 1.97. The molecule has 0 spiro atoms. The Labute approximate surface area is 137 Å². The second kappa shape index (κ2) is 7.12. The molecule has 0 aliphatic carbocycles. The van der Waals surface area contributed by atoms with Crippen molar-refractivity contribution in [3.8, 4) is 17.7 Å². The lowest BCUT2D eigenvalue weighted by Crippen LogP contribution is -2.26. The Morgan fingerprint density at radius 2 is 2.14 bits per heavy atom. The molecule has 112 valence electrons. The third-order valence-electron chi connectivity index (χ3n) is 2.77. The van der Waals surface area contributed by atoms with Crippen LogP contribution in [0.4, 0.5) is 0 Å². The fraction of sp³-hybridized carbons (Fsp3) is 0.133. The van der Waals surface area contributed by atoms with E-state index in [1.807, 2.05) is 6.07 Å². The van der Waals surface area contributed by atoms with Crippen molar-refractivity contribution in [1.82, 2.24) is 9.88 Å². The van der Waals surface area contributed by atoms with Gasteiger partial charge < -0.3 is 9.64 Å². The minimum atomic E-state index is -0.290. The van der Waals surface area contributed by atoms with Gasteiger partial charge in [0.05, 0.1) is 16.7 Å². The van der Waals surface area contributed by atoms with Crippen LogP contribution in [0.15, 0.2) is 36.5 Å². The van der Waals surface area contributed by atoms with Crippen LogP contribution in [0.5, 0.6) is 11.6 Å². The summed E-state index contributed by atoms with van der Waals surface area (Å²) >= 11 is 11.9. The number of halogens is 2. The number of carbonyl (C=O) groups is 1. The number of benzene rings is 1. The van der Waals surface area contributed by atoms with E-state index >= 15 is 0 Å². The zero-order valence-corrected chi connectivity index (χ0v) is 13.1. The van der Waals surface area contributed by atoms with Gasteiger partial charge in [0, 0.05) is 19.3 Å². The Balaban J connectivity index is 2.14. The molecule has 0 atom stereocenters. The molecular weight excluding hydrogens is 325 g/mol. The molecule has 0 saturated heterocycles. The Kier molecular flexibility index (Phi) is 5.21. The number of hydrogen-bond acceptors (Lipinski definition) is 4. The standard InChI is InChI=1S/C15H11Cl2N3O2/c1-20(8-7-18)15(21)10-5-6-13(19-9-10)22-12-4-2-3-11(16)14(12)17/h2-6,9H,8H2,1H3. The third-order valence-corrected chi connectivity index (χ3v) is 3.57. The van der Waals surface area contributed by atoms with Crippen molar-refractivity contribution >= 4 is 29.1 Å². The molecule has 5 nitrogen and oxygen atoms in total. The van der Waals surface area contributed by atoms with Gasteiger partial charge in [0.2, 0.25) is 5.88 Å². The van der Waals surface area contributed by atoms with Gasteiger partial charge >= 0.3 is 0 Å². The van der Waals surface area contributed by atoms with Crippen LogP contribution in [0.3, 0.4) is 0 Å². The fourth-order valence-electron chi connectivity index (χ4n) is 1.64. The van der Waals surface area contributed by atoms with E-state index in [2.05, 4.69) is 4.98 Å². The number of hydrogen-bond donors (Lipinski definition) is 0. The lowest BCUT2D eigenvalue weighted by molar-refractivity contribution is 0.0811. The number of carbonyl (C=O) groups excluding carboxylic acids is 1. The molecule has 0 fully saturated rings. The third kappa shape index (κ3) is 3.67. The summed E-state index contributed by atoms with van der Waals surface area (Å²) in [5, 5.41) is 9.26. The largest absolute Gasteiger partial charge is 0.437 e. The first-order valence-electron chi connectivity index (χ1n) is 6.23. The second-order valence-corrected chi connectivity index (χ2v) is 5.14. The van der Waals surface area contributed by atoms with E-state index in [-0.39, 0.29) is 18.3 Å². The molecule has 2 rings (SSSR count). The number of nitriles is 1. The molecule has 7 heteroatoms. The molecule has 0 aliphatic heterocycles. The average molecular weight is 336 g/mol. The van der Waals surface area contributed by atoms with Gasteiger partial charge in [-0.05, 0) is 18.2 Å². The summed E-state index contributed by atoms with van der Waals surface area (Å²) in [5.41, 5.74) is 0.363. The van der Waals surface area contributed by atoms with Gasteiger partial charge in [0.25, 0.3) is 5.91 Å². The number of rotatable bonds is 4. The number of nitrogens with zero attached hydrogens (tertiary/aromatic N) is 3. The summed E-state index contributed by atoms with van der Waals surface area (Å²) in [4.78, 5) is 17.3. The Bertz CT molecular complexity index is 727. The van der Waals surface area contributed by atoms with E-state index in [0.29, 0.717) is 21.4 Å². The average Bonchev–Trinajstić information content (AvgIpc) is 2.52. The molecule has 1 aromatic carbocycles. The molecule has 0 aliphatic rings. The van der Waals surface area contributed by atoms with Crippen molar-refractivity contribution in [3.05, 3.63) is 52.1 Å². The monoisotopic (exact) mass is 335 g/mol. The van der Waals surface area contributed by atoms with E-state index in [4.69, 9.17) is 33.2 Å². The van der Waals surface area contributed by atoms with Gasteiger partial charge in [-0.15, -0.1) is 0 Å². The molecule has 1 aromatic heterocycles. The van der Waals surface area contributed by atoms with Crippen LogP contribution < -0.4 is 4.74 Å². The molecule has 0 N–H and O–H groups in total. The molecule has 22 heavy (non-hydrogen) atoms. The maximum atomic E-state index is 12.0. The predicted molar refractivity (Wildman–Crippen MR) is 83.3 cm³/mol. The lowest BCUT2D eigenvalue weighted by atomic mass is 10.2. The van der Waals surface area contributed by atoms with E-state index < -0.39 is 0 Å². The smallest absolute Gasteiger partial charge is 0.256 e. The van der Waals surface area contributed by atoms with Gasteiger partial charge in [0.15, 0.2) is 0 Å². The molecule has 2 aromatic rings. The highest BCUT2D eigenvalue weighted by atomic mass is 35.5. The Morgan fingerprint density at radius 1 is 1.36 bits per heavy atom. The quantitative estimate of drug-likeness (QED) is 0.797. The highest BCUT2D eigenvalue weighted by Crippen LogP contribution is 2.33. The van der Waals surface area contributed by atoms with Crippen molar-refractivity contribution in [3.63, 3.8) is 0 Å². The number of pyridine rings is 1. The molecule has 1 amide bonds. The van der Waals surface area contributed by atoms with Crippen molar-refractivity contribution in [2.45, 2.75) is 0 Å². The predicted octanol–water partition coefficient (Wildman–Crippen LogP) is 3.78. The summed E-state index contributed by atoms with van der Waals surface area (Å²) in [7, 11) is 1.54. The Hall–Kier alpha value is -2.29. The van der Waals surface area contributed by atoms with Crippen LogP contribution in [0, 0.1) is 11.3 Å². The molecule has 0 bridgehead atoms. The van der Waals surface area contributed by atoms with E-state index in [0.717, 1.165) is 0 Å². The lowest BCUT2D eigenvalue weighted by Gasteiger charge is -2.13. The normalized spacial score (nSPS) is 9.91. The first kappa shape index (κ1) is 16.1. The van der Waals surface area contributed by atoms with Crippen LogP contribution in [0.25, 0.3) is 0 Å². The SMILES string of the molecule is CN(CC#N)C(=O)c1ccc(Oc2cccc(Cl)c2Cl)nc1. The summed E-state index contributed by atoms with van der Waals surface area (Å²) < 4.78 is 5.53. The topological polar surface area (TPSA) is 66.2 Å². The zero-order chi connectivity index (χ0) is 16.1. The second-order valence-electron chi connectivity index (χ2n) is 4.36. The highest BCUT2D eigenvalue weighted by molar-refractivity contribution is 6.42. The number of aromatic nitrogens is 1. The van der Waals surface area contributed by atoms with Gasteiger partial charge in [-0.3, -0.25) is 4.79 Å². The zero-order valence-electron chi connectivity index (χ0n) is 11.6. The summed E-state index contributed by atoms with van der Waals surface area (Å²) in [6.07, 6.45) is 1.38. The van der Waals surface area contributed by atoms with Crippen molar-refractivity contribution in [2.75, 3.05) is 13.6 Å². The summed E-state index contributed by atoms with van der Waals surface area (Å²) in [6.45, 7) is 0.00913. The van der Waals surface area contributed by atoms with Crippen molar-refractivity contribution in [1.29, 1.82) is 5.26 Å². The van der Waals surface area contributed by atoms with Crippen LogP contribution in [-0.2, 0) is 0 Å². The van der Waals surface area contributed by atoms with Gasteiger partial charge in [0.1, 0.15) is 17.3 Å². The minimum Gasteiger partial charge on any atom is -0.437 e. The maximum Gasteiger partial charge on any atom is 0.256 e.